The maximum absolute atomic E-state index is 11.7. The van der Waals surface area contributed by atoms with Gasteiger partial charge in [0.05, 0.1) is 0 Å². The second kappa shape index (κ2) is 10.1. The lowest BCUT2D eigenvalue weighted by atomic mass is 10.3. The van der Waals surface area contributed by atoms with Gasteiger partial charge in [-0.25, -0.2) is 9.59 Å². The summed E-state index contributed by atoms with van der Waals surface area (Å²) in [6.45, 7) is 10.3. The summed E-state index contributed by atoms with van der Waals surface area (Å²) in [7, 11) is 0. The van der Waals surface area contributed by atoms with Crippen molar-refractivity contribution in [2.45, 2.75) is 13.8 Å². The summed E-state index contributed by atoms with van der Waals surface area (Å²) < 4.78 is 22.1. The Morgan fingerprint density at radius 2 is 0.906 bits per heavy atom. The standard InChI is InChI=1S/C26H22O6/c1-17(2)25(27)31-23-9-5-7-21(15-23)29-19-11-13-20(14-12-19)30-22-8-6-10-24(16-22)32-26(28)18(3)4/h5-16H,1,3H2,2,4H3. The Kier molecular flexibility index (Phi) is 7.08. The van der Waals surface area contributed by atoms with Crippen molar-refractivity contribution >= 4 is 11.9 Å². The van der Waals surface area contributed by atoms with Crippen molar-refractivity contribution in [1.82, 2.24) is 0 Å². The van der Waals surface area contributed by atoms with Crippen LogP contribution in [0.5, 0.6) is 34.5 Å². The monoisotopic (exact) mass is 430 g/mol. The normalized spacial score (nSPS) is 10.1. The number of hydrogen-bond acceptors (Lipinski definition) is 6. The van der Waals surface area contributed by atoms with Crippen molar-refractivity contribution in [3.05, 3.63) is 97.1 Å². The van der Waals surface area contributed by atoms with Gasteiger partial charge in [-0.1, -0.05) is 25.3 Å². The lowest BCUT2D eigenvalue weighted by Gasteiger charge is -2.10. The molecule has 0 spiro atoms. The summed E-state index contributed by atoms with van der Waals surface area (Å²) >= 11 is 0. The van der Waals surface area contributed by atoms with E-state index in [1.54, 1.807) is 86.6 Å². The van der Waals surface area contributed by atoms with E-state index in [4.69, 9.17) is 18.9 Å². The molecule has 6 nitrogen and oxygen atoms in total. The summed E-state index contributed by atoms with van der Waals surface area (Å²) in [6, 6.07) is 20.5. The van der Waals surface area contributed by atoms with Gasteiger partial charge in [-0.2, -0.15) is 0 Å². The smallest absolute Gasteiger partial charge is 0.338 e. The first-order chi connectivity index (χ1) is 15.3. The van der Waals surface area contributed by atoms with Crippen molar-refractivity contribution in [2.24, 2.45) is 0 Å². The van der Waals surface area contributed by atoms with E-state index < -0.39 is 11.9 Å². The molecule has 0 heterocycles. The highest BCUT2D eigenvalue weighted by Crippen LogP contribution is 2.30. The minimum Gasteiger partial charge on any atom is -0.457 e. The number of hydrogen-bond donors (Lipinski definition) is 0. The van der Waals surface area contributed by atoms with E-state index in [0.29, 0.717) is 45.6 Å². The fourth-order valence-corrected chi connectivity index (χ4v) is 2.44. The minimum absolute atomic E-state index is 0.312. The molecule has 6 heteroatoms. The molecule has 0 aliphatic heterocycles. The van der Waals surface area contributed by atoms with Gasteiger partial charge in [0.15, 0.2) is 0 Å². The molecule has 0 bridgehead atoms. The van der Waals surface area contributed by atoms with Gasteiger partial charge in [-0.3, -0.25) is 0 Å². The Balaban J connectivity index is 1.64. The molecular weight excluding hydrogens is 408 g/mol. The highest BCUT2D eigenvalue weighted by Gasteiger charge is 2.08. The number of ether oxygens (including phenoxy) is 4. The maximum Gasteiger partial charge on any atom is 0.338 e. The Labute approximate surface area is 186 Å². The molecule has 0 aromatic heterocycles. The molecular formula is C26H22O6. The molecule has 0 N–H and O–H groups in total. The number of benzene rings is 3. The molecule has 162 valence electrons. The summed E-state index contributed by atoms with van der Waals surface area (Å²) in [5, 5.41) is 0. The molecule has 0 amide bonds. The van der Waals surface area contributed by atoms with Gasteiger partial charge >= 0.3 is 11.9 Å². The minimum atomic E-state index is -0.498. The first kappa shape index (κ1) is 22.4. The quantitative estimate of drug-likeness (QED) is 0.240. The van der Waals surface area contributed by atoms with Crippen LogP contribution in [-0.4, -0.2) is 11.9 Å². The molecule has 0 unspecified atom stereocenters. The van der Waals surface area contributed by atoms with E-state index in [1.807, 2.05) is 0 Å². The molecule has 0 saturated heterocycles. The SMILES string of the molecule is C=C(C)C(=O)Oc1cccc(Oc2ccc(Oc3cccc(OC(=O)C(=C)C)c3)cc2)c1. The molecule has 0 radical (unpaired) electrons. The van der Waals surface area contributed by atoms with Crippen LogP contribution >= 0.6 is 0 Å². The second-order valence-corrected chi connectivity index (χ2v) is 6.96. The first-order valence-electron chi connectivity index (χ1n) is 9.71. The van der Waals surface area contributed by atoms with Crippen LogP contribution < -0.4 is 18.9 Å². The van der Waals surface area contributed by atoms with Gasteiger partial charge < -0.3 is 18.9 Å². The number of esters is 2. The zero-order valence-electron chi connectivity index (χ0n) is 17.8. The van der Waals surface area contributed by atoms with E-state index in [9.17, 15) is 9.59 Å². The zero-order chi connectivity index (χ0) is 23.1. The largest absolute Gasteiger partial charge is 0.457 e. The molecule has 0 atom stereocenters. The predicted octanol–water partition coefficient (Wildman–Crippen LogP) is 6.23. The molecule has 0 aliphatic carbocycles. The third kappa shape index (κ3) is 6.34. The number of carbonyl (C=O) groups is 2. The van der Waals surface area contributed by atoms with E-state index in [0.717, 1.165) is 0 Å². The van der Waals surface area contributed by atoms with Crippen LogP contribution in [0.1, 0.15) is 13.8 Å². The van der Waals surface area contributed by atoms with Gasteiger partial charge in [0, 0.05) is 23.3 Å². The Bertz CT molecular complexity index is 1070. The third-order valence-electron chi connectivity index (χ3n) is 4.02. The summed E-state index contributed by atoms with van der Waals surface area (Å²) in [4.78, 5) is 23.3. The van der Waals surface area contributed by atoms with Crippen LogP contribution in [-0.2, 0) is 9.59 Å². The highest BCUT2D eigenvalue weighted by atomic mass is 16.5. The van der Waals surface area contributed by atoms with Crippen LogP contribution in [0.15, 0.2) is 97.1 Å². The number of carbonyl (C=O) groups excluding carboxylic acids is 2. The fraction of sp³-hybridized carbons (Fsp3) is 0.0769. The lowest BCUT2D eigenvalue weighted by Crippen LogP contribution is -2.08. The number of rotatable bonds is 8. The average Bonchev–Trinajstić information content (AvgIpc) is 2.75. The van der Waals surface area contributed by atoms with Crippen LogP contribution in [0, 0.1) is 0 Å². The van der Waals surface area contributed by atoms with Gasteiger partial charge in [-0.05, 0) is 62.4 Å². The van der Waals surface area contributed by atoms with Gasteiger partial charge in [0.25, 0.3) is 0 Å². The van der Waals surface area contributed by atoms with Gasteiger partial charge in [-0.15, -0.1) is 0 Å². The maximum atomic E-state index is 11.7. The summed E-state index contributed by atoms with van der Waals surface area (Å²) in [5.74, 6) is 1.90. The average molecular weight is 430 g/mol. The third-order valence-corrected chi connectivity index (χ3v) is 4.02. The van der Waals surface area contributed by atoms with Crippen molar-refractivity contribution in [2.75, 3.05) is 0 Å². The fourth-order valence-electron chi connectivity index (χ4n) is 2.44. The molecule has 0 aliphatic rings. The lowest BCUT2D eigenvalue weighted by molar-refractivity contribution is -0.130. The molecule has 0 saturated carbocycles. The van der Waals surface area contributed by atoms with Gasteiger partial charge in [0.1, 0.15) is 34.5 Å². The Morgan fingerprint density at radius 1 is 0.562 bits per heavy atom. The summed E-state index contributed by atoms with van der Waals surface area (Å²) in [5.41, 5.74) is 0.623. The molecule has 3 aromatic rings. The van der Waals surface area contributed by atoms with E-state index >= 15 is 0 Å². The van der Waals surface area contributed by atoms with Crippen molar-refractivity contribution in [1.29, 1.82) is 0 Å². The van der Waals surface area contributed by atoms with E-state index in [1.165, 1.54) is 0 Å². The summed E-state index contributed by atoms with van der Waals surface area (Å²) in [6.07, 6.45) is 0. The highest BCUT2D eigenvalue weighted by molar-refractivity contribution is 5.89. The zero-order valence-corrected chi connectivity index (χ0v) is 17.8. The Hall–Kier alpha value is -4.32. The molecule has 32 heavy (non-hydrogen) atoms. The topological polar surface area (TPSA) is 71.1 Å². The molecule has 3 aromatic carbocycles. The van der Waals surface area contributed by atoms with Crippen LogP contribution in [0.25, 0.3) is 0 Å². The van der Waals surface area contributed by atoms with Crippen LogP contribution in [0.3, 0.4) is 0 Å². The van der Waals surface area contributed by atoms with Crippen molar-refractivity contribution in [3.63, 3.8) is 0 Å². The van der Waals surface area contributed by atoms with Crippen LogP contribution in [0.2, 0.25) is 0 Å². The second-order valence-electron chi connectivity index (χ2n) is 6.96. The van der Waals surface area contributed by atoms with E-state index in [-0.39, 0.29) is 0 Å². The predicted molar refractivity (Wildman–Crippen MR) is 120 cm³/mol. The Morgan fingerprint density at radius 3 is 1.25 bits per heavy atom. The van der Waals surface area contributed by atoms with Crippen molar-refractivity contribution < 1.29 is 28.5 Å². The molecule has 3 rings (SSSR count). The van der Waals surface area contributed by atoms with Gasteiger partial charge in [0.2, 0.25) is 0 Å². The first-order valence-corrected chi connectivity index (χ1v) is 9.71. The van der Waals surface area contributed by atoms with Crippen molar-refractivity contribution in [3.8, 4) is 34.5 Å². The van der Waals surface area contributed by atoms with E-state index in [2.05, 4.69) is 13.2 Å². The molecule has 0 fully saturated rings. The van der Waals surface area contributed by atoms with Crippen LogP contribution in [0.4, 0.5) is 0 Å².